The highest BCUT2D eigenvalue weighted by Crippen LogP contribution is 2.35. The molecule has 2 atom stereocenters. The smallest absolute Gasteiger partial charge is 0.469 e. The Labute approximate surface area is 376 Å². The van der Waals surface area contributed by atoms with Crippen LogP contribution in [-0.4, -0.2) is 134 Å². The highest BCUT2D eigenvalue weighted by atomic mass is 31.2. The number of carbonyl (C=O) groups excluding carboxylic acids is 1. The van der Waals surface area contributed by atoms with Gasteiger partial charge in [-0.3, -0.25) is 14.1 Å². The molecule has 0 radical (unpaired) electrons. The zero-order valence-electron chi connectivity index (χ0n) is 37.9. The first-order valence-corrected chi connectivity index (χ1v) is 45.0. The molecule has 0 aliphatic carbocycles. The summed E-state index contributed by atoms with van der Waals surface area (Å²) in [5.41, 5.74) is 0. The van der Waals surface area contributed by atoms with Crippen molar-refractivity contribution in [3.8, 4) is 0 Å². The van der Waals surface area contributed by atoms with E-state index in [-0.39, 0.29) is 56.1 Å². The van der Waals surface area contributed by atoms with Crippen LogP contribution in [-0.2, 0) is 57.6 Å². The molecule has 60 heavy (non-hydrogen) atoms. The van der Waals surface area contributed by atoms with Crippen LogP contribution in [0.15, 0.2) is 0 Å². The minimum absolute atomic E-state index is 0. The van der Waals surface area contributed by atoms with Gasteiger partial charge in [-0.25, -0.2) is 4.57 Å². The average Bonchev–Trinajstić information content (AvgIpc) is 2.85. The minimum Gasteiger partial charge on any atom is -0.481 e. The van der Waals surface area contributed by atoms with E-state index in [1.165, 1.54) is 0 Å². The Balaban J connectivity index is -0.000000228. The zero-order valence-corrected chi connectivity index (χ0v) is 46.8. The van der Waals surface area contributed by atoms with E-state index < -0.39 is 93.7 Å². The van der Waals surface area contributed by atoms with Crippen LogP contribution >= 0.6 is 7.82 Å². The van der Waals surface area contributed by atoms with Gasteiger partial charge in [0.15, 0.2) is 33.3 Å². The predicted octanol–water partition coefficient (Wildman–Crippen LogP) is 10.4. The third kappa shape index (κ3) is 47.9. The van der Waals surface area contributed by atoms with Gasteiger partial charge in [0.2, 0.25) is 0 Å². The molecule has 0 fully saturated rings. The van der Waals surface area contributed by atoms with Gasteiger partial charge < -0.3 is 53.8 Å². The van der Waals surface area contributed by atoms with E-state index >= 15 is 0 Å². The van der Waals surface area contributed by atoms with Gasteiger partial charge in [0, 0.05) is 13.2 Å². The van der Waals surface area contributed by atoms with Crippen LogP contribution in [0, 0.1) is 0 Å². The lowest BCUT2D eigenvalue weighted by Crippen LogP contribution is -2.56. The third-order valence-electron chi connectivity index (χ3n) is 6.18. The number of carbonyl (C=O) groups is 2. The van der Waals surface area contributed by atoms with Gasteiger partial charge in [0.1, 0.15) is 13.0 Å². The summed E-state index contributed by atoms with van der Waals surface area (Å²) in [4.78, 5) is 38.8. The Morgan fingerprint density at radius 3 is 1.07 bits per heavy atom. The fourth-order valence-corrected chi connectivity index (χ4v) is 42.1. The van der Waals surface area contributed by atoms with E-state index in [1.54, 1.807) is 0 Å². The summed E-state index contributed by atoms with van der Waals surface area (Å²) in [7, 11) is -20.9. The Bertz CT molecular complexity index is 1210. The van der Waals surface area contributed by atoms with Gasteiger partial charge in [-0.2, -0.15) is 0 Å². The Kier molecular flexibility index (Phi) is 36.8. The first-order valence-electron chi connectivity index (χ1n) is 19.2. The molecule has 0 saturated heterocycles. The molecule has 0 rings (SSSR count). The number of phosphoric ester groups is 1. The molecule has 368 valence electrons. The lowest BCUT2D eigenvalue weighted by molar-refractivity contribution is -0.152. The van der Waals surface area contributed by atoms with E-state index in [0.717, 1.165) is 24.9 Å². The summed E-state index contributed by atoms with van der Waals surface area (Å²) in [6, 6.07) is 1.57. The van der Waals surface area contributed by atoms with Crippen molar-refractivity contribution in [2.75, 3.05) is 39.6 Å². The largest absolute Gasteiger partial charge is 0.481 e. The van der Waals surface area contributed by atoms with Crippen LogP contribution in [0.2, 0.25) is 130 Å². The first kappa shape index (κ1) is 72.1. The molecular formula is C35H95O16PSi8. The number of carboxylic acid groups (broad SMARTS) is 1. The molecular weight excluding hydrogens is 932 g/mol. The number of hydrogen-bond acceptors (Lipinski definition) is 13. The van der Waals surface area contributed by atoms with Crippen molar-refractivity contribution in [1.82, 2.24) is 0 Å². The molecule has 2 unspecified atom stereocenters. The summed E-state index contributed by atoms with van der Waals surface area (Å²) >= 11 is 0. The molecule has 0 amide bonds. The molecule has 0 aliphatic heterocycles. The number of carboxylic acids is 1. The highest BCUT2D eigenvalue weighted by molar-refractivity contribution is 7.46. The fourth-order valence-electron chi connectivity index (χ4n) is 5.90. The third-order valence-corrected chi connectivity index (χ3v) is 33.8. The minimum atomic E-state index is -4.43. The molecule has 16 nitrogen and oxygen atoms in total. The van der Waals surface area contributed by atoms with Gasteiger partial charge >= 0.3 is 54.0 Å². The topological polar surface area (TPSA) is 204 Å². The lowest BCUT2D eigenvalue weighted by Gasteiger charge is -2.41. The summed E-state index contributed by atoms with van der Waals surface area (Å²) in [6.07, 6.45) is 0.892. The number of rotatable bonds is 29. The number of ether oxygens (including phenoxy) is 3. The molecule has 0 bridgehead atoms. The standard InChI is InChI=1S/C17H40O8Si4.C14H39O8PSi4.4CH4/c1-26(2,3)23-28(7,8)25-29(9,24-27(4,5)6)14-10-11-21-12-13-22-17(20)15-16(18)19;1-24(2,3)20-26(7,8)22-27(9,21-25(4,5)6)14-10-11-18-12-13-19-23(15,16)17;;;;/h10-15H2,1-9H3,(H,18,19);10-14H2,1-9H3,(H2,15,16,17);4*1H4. The lowest BCUT2D eigenvalue weighted by atomic mass is 10.4. The van der Waals surface area contributed by atoms with Crippen LogP contribution in [0.25, 0.3) is 0 Å². The molecule has 25 heteroatoms. The van der Waals surface area contributed by atoms with Gasteiger partial charge in [0.25, 0.3) is 0 Å². The number of esters is 1. The van der Waals surface area contributed by atoms with Gasteiger partial charge in [-0.15, -0.1) is 0 Å². The van der Waals surface area contributed by atoms with E-state index in [2.05, 4.69) is 122 Å². The monoisotopic (exact) mass is 1030 g/mol. The van der Waals surface area contributed by atoms with Crippen molar-refractivity contribution in [3.05, 3.63) is 0 Å². The van der Waals surface area contributed by atoms with Gasteiger partial charge in [-0.1, -0.05) is 29.7 Å². The van der Waals surface area contributed by atoms with Gasteiger partial charge in [-0.05, 0) is 143 Å². The maximum absolute atomic E-state index is 11.2. The van der Waals surface area contributed by atoms with Crippen molar-refractivity contribution in [1.29, 1.82) is 0 Å². The van der Waals surface area contributed by atoms with Gasteiger partial charge in [0.05, 0.1) is 19.8 Å². The second kappa shape index (κ2) is 30.6. The van der Waals surface area contributed by atoms with Crippen LogP contribution in [0.4, 0.5) is 0 Å². The molecule has 0 aliphatic rings. The molecule has 0 spiro atoms. The van der Waals surface area contributed by atoms with Crippen molar-refractivity contribution in [2.45, 2.75) is 179 Å². The molecule has 0 aromatic carbocycles. The Hall–Kier alpha value is 0.465. The van der Waals surface area contributed by atoms with E-state index in [4.69, 9.17) is 53.8 Å². The van der Waals surface area contributed by atoms with Crippen LogP contribution in [0.5, 0.6) is 0 Å². The van der Waals surface area contributed by atoms with E-state index in [0.29, 0.717) is 13.2 Å². The van der Waals surface area contributed by atoms with E-state index in [9.17, 15) is 14.2 Å². The number of hydrogen-bond donors (Lipinski definition) is 3. The summed E-state index contributed by atoms with van der Waals surface area (Å²) in [5.74, 6) is -1.96. The van der Waals surface area contributed by atoms with Crippen molar-refractivity contribution < 1.29 is 72.5 Å². The molecule has 0 aromatic rings. The number of aliphatic carboxylic acids is 1. The molecule has 3 N–H and O–H groups in total. The zero-order chi connectivity index (χ0) is 44.5. The first-order chi connectivity index (χ1) is 24.8. The average molecular weight is 1030 g/mol. The number of phosphoric acid groups is 1. The Morgan fingerprint density at radius 2 is 0.783 bits per heavy atom. The second-order valence-electron chi connectivity index (χ2n) is 18.7. The van der Waals surface area contributed by atoms with E-state index in [1.807, 2.05) is 0 Å². The quantitative estimate of drug-likeness (QED) is 0.0210. The summed E-state index contributed by atoms with van der Waals surface area (Å²) in [6.45, 7) is 39.8. The van der Waals surface area contributed by atoms with Crippen LogP contribution in [0.3, 0.4) is 0 Å². The molecule has 0 heterocycles. The maximum atomic E-state index is 11.2. The SMILES string of the molecule is C.C.C.C.C[Si](C)(C)O[Si](C)(C)O[Si](C)(CCCOCCOC(=O)CC(=O)O)O[Si](C)(C)C.C[Si](C)(C)O[Si](C)(C)O[Si](C)(CCCOCCOP(=O)(O)O)O[Si](C)(C)C. The van der Waals surface area contributed by atoms with Crippen molar-refractivity contribution in [3.63, 3.8) is 0 Å². The molecule has 0 saturated carbocycles. The van der Waals surface area contributed by atoms with Crippen LogP contribution in [0.1, 0.15) is 49.0 Å². The summed E-state index contributed by atoms with van der Waals surface area (Å²) in [5, 5.41) is 8.50. The molecule has 0 aromatic heterocycles. The predicted molar refractivity (Wildman–Crippen MR) is 267 cm³/mol. The Morgan fingerprint density at radius 1 is 0.467 bits per heavy atom. The van der Waals surface area contributed by atoms with Crippen molar-refractivity contribution in [2.24, 2.45) is 0 Å². The summed E-state index contributed by atoms with van der Waals surface area (Å²) < 4.78 is 69.5. The highest BCUT2D eigenvalue weighted by Gasteiger charge is 2.45. The normalized spacial score (nSPS) is 14.7. The fraction of sp³-hybridized carbons (Fsp3) is 0.943. The van der Waals surface area contributed by atoms with Crippen LogP contribution < -0.4 is 0 Å². The van der Waals surface area contributed by atoms with Crippen molar-refractivity contribution >= 4 is 87.3 Å². The maximum Gasteiger partial charge on any atom is 0.469 e. The second-order valence-corrected chi connectivity index (χ2v) is 52.8.